The van der Waals surface area contributed by atoms with Crippen LogP contribution in [-0.4, -0.2) is 45.3 Å². The van der Waals surface area contributed by atoms with Crippen molar-refractivity contribution in [3.63, 3.8) is 0 Å². The first-order valence-electron chi connectivity index (χ1n) is 4.80. The van der Waals surface area contributed by atoms with Crippen molar-refractivity contribution in [1.29, 1.82) is 0 Å². The van der Waals surface area contributed by atoms with Gasteiger partial charge in [-0.25, -0.2) is 9.78 Å². The fourth-order valence-electron chi connectivity index (χ4n) is 1.01. The Hall–Kier alpha value is -1.74. The van der Waals surface area contributed by atoms with Gasteiger partial charge in [0, 0.05) is 14.1 Å². The SMILES string of the molecule is CN(C)c1nnc(Sc2cncc(C(=O)O)n2)s1. The van der Waals surface area contributed by atoms with Crippen LogP contribution in [0.25, 0.3) is 0 Å². The first-order valence-corrected chi connectivity index (χ1v) is 6.43. The van der Waals surface area contributed by atoms with Crippen LogP contribution < -0.4 is 4.90 Å². The Labute approximate surface area is 111 Å². The first-order chi connectivity index (χ1) is 8.56. The van der Waals surface area contributed by atoms with E-state index in [9.17, 15) is 4.79 Å². The number of carboxylic acid groups (broad SMARTS) is 1. The summed E-state index contributed by atoms with van der Waals surface area (Å²) in [7, 11) is 3.75. The molecule has 0 spiro atoms. The number of carbonyl (C=O) groups is 1. The number of hydrogen-bond donors (Lipinski definition) is 1. The van der Waals surface area contributed by atoms with E-state index in [1.165, 1.54) is 35.5 Å². The number of anilines is 1. The standard InChI is InChI=1S/C9H9N5O2S2/c1-14(2)8-12-13-9(18-8)17-6-4-10-3-5(11-6)7(15)16/h3-4H,1-2H3,(H,15,16). The van der Waals surface area contributed by atoms with Crippen LogP contribution >= 0.6 is 23.1 Å². The highest BCUT2D eigenvalue weighted by Gasteiger charge is 2.11. The van der Waals surface area contributed by atoms with E-state index in [4.69, 9.17) is 5.11 Å². The van der Waals surface area contributed by atoms with Crippen molar-refractivity contribution in [3.8, 4) is 0 Å². The molecule has 2 aromatic rings. The number of nitrogens with zero attached hydrogens (tertiary/aromatic N) is 5. The molecule has 0 amide bonds. The molecule has 2 aromatic heterocycles. The maximum absolute atomic E-state index is 10.8. The van der Waals surface area contributed by atoms with E-state index in [0.29, 0.717) is 9.37 Å². The maximum atomic E-state index is 10.8. The predicted octanol–water partition coefficient (Wildman–Crippen LogP) is 1.24. The van der Waals surface area contributed by atoms with E-state index in [2.05, 4.69) is 20.2 Å². The van der Waals surface area contributed by atoms with E-state index >= 15 is 0 Å². The monoisotopic (exact) mass is 283 g/mol. The first kappa shape index (κ1) is 12.7. The van der Waals surface area contributed by atoms with Crippen molar-refractivity contribution >= 4 is 34.2 Å². The second kappa shape index (κ2) is 5.27. The van der Waals surface area contributed by atoms with E-state index in [-0.39, 0.29) is 5.69 Å². The molecule has 1 N–H and O–H groups in total. The Balaban J connectivity index is 2.17. The van der Waals surface area contributed by atoms with Gasteiger partial charge in [-0.1, -0.05) is 11.3 Å². The van der Waals surface area contributed by atoms with Gasteiger partial charge in [-0.3, -0.25) is 4.98 Å². The van der Waals surface area contributed by atoms with Crippen LogP contribution in [0.5, 0.6) is 0 Å². The molecular weight excluding hydrogens is 274 g/mol. The van der Waals surface area contributed by atoms with E-state index in [1.807, 2.05) is 19.0 Å². The summed E-state index contributed by atoms with van der Waals surface area (Å²) in [5.74, 6) is -1.10. The molecule has 0 saturated carbocycles. The normalized spacial score (nSPS) is 10.3. The summed E-state index contributed by atoms with van der Waals surface area (Å²) in [6.45, 7) is 0. The van der Waals surface area contributed by atoms with Crippen LogP contribution in [0.4, 0.5) is 5.13 Å². The van der Waals surface area contributed by atoms with Crippen LogP contribution in [0.1, 0.15) is 10.5 Å². The number of carboxylic acids is 1. The van der Waals surface area contributed by atoms with Gasteiger partial charge in [-0.05, 0) is 11.8 Å². The van der Waals surface area contributed by atoms with Gasteiger partial charge in [0.05, 0.1) is 12.4 Å². The average Bonchev–Trinajstić information content (AvgIpc) is 2.78. The lowest BCUT2D eigenvalue weighted by Gasteiger charge is -2.03. The third-order valence-corrected chi connectivity index (χ3v) is 3.85. The second-order valence-electron chi connectivity index (χ2n) is 3.39. The average molecular weight is 283 g/mol. The summed E-state index contributed by atoms with van der Waals surface area (Å²) in [4.78, 5) is 20.4. The summed E-state index contributed by atoms with van der Waals surface area (Å²) < 4.78 is 0.690. The highest BCUT2D eigenvalue weighted by Crippen LogP contribution is 2.31. The summed E-state index contributed by atoms with van der Waals surface area (Å²) in [5, 5.41) is 18.0. The molecule has 9 heteroatoms. The molecule has 7 nitrogen and oxygen atoms in total. The largest absolute Gasteiger partial charge is 0.476 e. The molecule has 0 fully saturated rings. The molecule has 0 aliphatic rings. The van der Waals surface area contributed by atoms with E-state index in [0.717, 1.165) is 5.13 Å². The van der Waals surface area contributed by atoms with Gasteiger partial charge in [0.1, 0.15) is 5.03 Å². The minimum atomic E-state index is -1.10. The molecule has 2 rings (SSSR count). The minimum absolute atomic E-state index is 0.0858. The van der Waals surface area contributed by atoms with Crippen molar-refractivity contribution in [2.45, 2.75) is 9.37 Å². The summed E-state index contributed by atoms with van der Waals surface area (Å²) in [6, 6.07) is 0. The molecule has 0 aliphatic carbocycles. The van der Waals surface area contributed by atoms with Gasteiger partial charge in [0.2, 0.25) is 5.13 Å². The molecule has 18 heavy (non-hydrogen) atoms. The van der Waals surface area contributed by atoms with Gasteiger partial charge < -0.3 is 10.0 Å². The third kappa shape index (κ3) is 2.93. The number of rotatable bonds is 4. The van der Waals surface area contributed by atoms with Crippen molar-refractivity contribution in [2.24, 2.45) is 0 Å². The van der Waals surface area contributed by atoms with Crippen LogP contribution in [0.3, 0.4) is 0 Å². The smallest absolute Gasteiger partial charge is 0.356 e. The number of aromatic carboxylic acids is 1. The van der Waals surface area contributed by atoms with Crippen molar-refractivity contribution < 1.29 is 9.90 Å². The third-order valence-electron chi connectivity index (χ3n) is 1.80. The van der Waals surface area contributed by atoms with E-state index < -0.39 is 5.97 Å². The molecule has 0 radical (unpaired) electrons. The van der Waals surface area contributed by atoms with Crippen LogP contribution in [0.15, 0.2) is 21.8 Å². The Morgan fingerprint density at radius 3 is 2.78 bits per heavy atom. The number of aromatic nitrogens is 4. The zero-order valence-corrected chi connectivity index (χ0v) is 11.2. The van der Waals surface area contributed by atoms with Crippen molar-refractivity contribution in [3.05, 3.63) is 18.1 Å². The van der Waals surface area contributed by atoms with Gasteiger partial charge in [-0.2, -0.15) is 0 Å². The minimum Gasteiger partial charge on any atom is -0.476 e. The lowest BCUT2D eigenvalue weighted by molar-refractivity contribution is 0.0689. The van der Waals surface area contributed by atoms with Crippen molar-refractivity contribution in [2.75, 3.05) is 19.0 Å². The molecule has 0 unspecified atom stereocenters. The lowest BCUT2D eigenvalue weighted by Crippen LogP contribution is -2.07. The molecular formula is C9H9N5O2S2. The molecule has 0 saturated heterocycles. The molecule has 0 atom stereocenters. The zero-order chi connectivity index (χ0) is 13.1. The quantitative estimate of drug-likeness (QED) is 0.896. The molecule has 0 aliphatic heterocycles. The second-order valence-corrected chi connectivity index (χ2v) is 5.62. The Morgan fingerprint density at radius 2 is 2.17 bits per heavy atom. The summed E-state index contributed by atoms with van der Waals surface area (Å²) in [5.41, 5.74) is -0.0858. The van der Waals surface area contributed by atoms with Gasteiger partial charge in [0.15, 0.2) is 10.0 Å². The topological polar surface area (TPSA) is 92.1 Å². The van der Waals surface area contributed by atoms with Gasteiger partial charge >= 0.3 is 5.97 Å². The van der Waals surface area contributed by atoms with Crippen LogP contribution in [-0.2, 0) is 0 Å². The van der Waals surface area contributed by atoms with Crippen molar-refractivity contribution in [1.82, 2.24) is 20.2 Å². The van der Waals surface area contributed by atoms with E-state index in [1.54, 1.807) is 0 Å². The highest BCUT2D eigenvalue weighted by molar-refractivity contribution is 8.01. The Kier molecular flexibility index (Phi) is 3.72. The molecule has 2 heterocycles. The molecule has 94 valence electrons. The number of hydrogen-bond acceptors (Lipinski definition) is 8. The van der Waals surface area contributed by atoms with Gasteiger partial charge in [-0.15, -0.1) is 10.2 Å². The Morgan fingerprint density at radius 1 is 1.39 bits per heavy atom. The van der Waals surface area contributed by atoms with Crippen LogP contribution in [0.2, 0.25) is 0 Å². The lowest BCUT2D eigenvalue weighted by atomic mass is 10.5. The van der Waals surface area contributed by atoms with Crippen LogP contribution in [0, 0.1) is 0 Å². The fourth-order valence-corrected chi connectivity index (χ4v) is 2.68. The molecule has 0 aromatic carbocycles. The summed E-state index contributed by atoms with van der Waals surface area (Å²) in [6.07, 6.45) is 2.70. The zero-order valence-electron chi connectivity index (χ0n) is 9.56. The summed E-state index contributed by atoms with van der Waals surface area (Å²) >= 11 is 2.64. The predicted molar refractivity (Wildman–Crippen MR) is 67.4 cm³/mol. The van der Waals surface area contributed by atoms with Gasteiger partial charge in [0.25, 0.3) is 0 Å². The highest BCUT2D eigenvalue weighted by atomic mass is 32.2. The molecule has 0 bridgehead atoms. The maximum Gasteiger partial charge on any atom is 0.356 e. The fraction of sp³-hybridized carbons (Fsp3) is 0.222. The Bertz CT molecular complexity index is 572.